The molecular weight excluding hydrogens is 207 g/mol. The Balaban J connectivity index is 2.26. The van der Waals surface area contributed by atoms with E-state index in [2.05, 4.69) is 20.2 Å². The molecule has 0 amide bonds. The predicted molar refractivity (Wildman–Crippen MR) is 57.1 cm³/mol. The molecule has 0 aliphatic heterocycles. The van der Waals surface area contributed by atoms with Crippen molar-refractivity contribution in [3.05, 3.63) is 42.6 Å². The van der Waals surface area contributed by atoms with Gasteiger partial charge in [-0.25, -0.2) is 0 Å². The largest absolute Gasteiger partial charge is 0.275 e. The maximum Gasteiger partial charge on any atom is 0.214 e. The number of halogens is 1. The fraction of sp³-hybridized carbons (Fsp3) is 0. The van der Waals surface area contributed by atoms with E-state index in [0.29, 0.717) is 5.65 Å². The minimum absolute atomic E-state index is 0.381. The molecule has 16 heavy (non-hydrogen) atoms. The van der Waals surface area contributed by atoms with Crippen LogP contribution in [0.2, 0.25) is 0 Å². The normalized spacial score (nSPS) is 10.8. The Labute approximate surface area is 90.2 Å². The van der Waals surface area contributed by atoms with Crippen molar-refractivity contribution in [3.8, 4) is 11.3 Å². The number of hydrogen-bond donors (Lipinski definition) is 1. The molecular formula is C11H7FN4. The zero-order valence-corrected chi connectivity index (χ0v) is 8.18. The van der Waals surface area contributed by atoms with Gasteiger partial charge in [0.1, 0.15) is 0 Å². The molecule has 3 heterocycles. The van der Waals surface area contributed by atoms with E-state index in [1.165, 1.54) is 6.07 Å². The van der Waals surface area contributed by atoms with Crippen molar-refractivity contribution in [2.45, 2.75) is 0 Å². The summed E-state index contributed by atoms with van der Waals surface area (Å²) in [7, 11) is 0. The van der Waals surface area contributed by atoms with Gasteiger partial charge < -0.3 is 0 Å². The standard InChI is InChI=1S/C11H7FN4/c12-9-2-1-8-10(15-16-11(8)14-9)7-3-5-13-6-4-7/h1-6H,(H,14,15,16). The van der Waals surface area contributed by atoms with Crippen LogP contribution in [0.3, 0.4) is 0 Å². The van der Waals surface area contributed by atoms with Crippen LogP contribution < -0.4 is 0 Å². The van der Waals surface area contributed by atoms with Gasteiger partial charge in [0, 0.05) is 23.3 Å². The van der Waals surface area contributed by atoms with Crippen LogP contribution in [0.5, 0.6) is 0 Å². The zero-order valence-electron chi connectivity index (χ0n) is 8.18. The highest BCUT2D eigenvalue weighted by Crippen LogP contribution is 2.24. The minimum Gasteiger partial charge on any atom is -0.275 e. The molecule has 4 nitrogen and oxygen atoms in total. The van der Waals surface area contributed by atoms with Crippen molar-refractivity contribution in [2.24, 2.45) is 0 Å². The van der Waals surface area contributed by atoms with Gasteiger partial charge in [0.2, 0.25) is 5.95 Å². The summed E-state index contributed by atoms with van der Waals surface area (Å²) < 4.78 is 12.9. The quantitative estimate of drug-likeness (QED) is 0.631. The molecule has 0 aliphatic carbocycles. The summed E-state index contributed by atoms with van der Waals surface area (Å²) in [6.07, 6.45) is 3.39. The fourth-order valence-electron chi connectivity index (χ4n) is 1.61. The molecule has 0 aromatic carbocycles. The van der Waals surface area contributed by atoms with E-state index in [1.807, 2.05) is 12.1 Å². The minimum atomic E-state index is -0.528. The second-order valence-corrected chi connectivity index (χ2v) is 3.34. The van der Waals surface area contributed by atoms with E-state index in [1.54, 1.807) is 18.5 Å². The topological polar surface area (TPSA) is 54.5 Å². The van der Waals surface area contributed by atoms with Crippen molar-refractivity contribution >= 4 is 11.0 Å². The molecule has 3 rings (SSSR count). The van der Waals surface area contributed by atoms with Gasteiger partial charge >= 0.3 is 0 Å². The van der Waals surface area contributed by atoms with Crippen LogP contribution in [-0.4, -0.2) is 20.2 Å². The fourth-order valence-corrected chi connectivity index (χ4v) is 1.61. The lowest BCUT2D eigenvalue weighted by Crippen LogP contribution is -1.82. The molecule has 0 atom stereocenters. The molecule has 0 saturated carbocycles. The first-order valence-corrected chi connectivity index (χ1v) is 4.75. The molecule has 0 unspecified atom stereocenters. The lowest BCUT2D eigenvalue weighted by atomic mass is 10.1. The summed E-state index contributed by atoms with van der Waals surface area (Å²) in [4.78, 5) is 7.64. The summed E-state index contributed by atoms with van der Waals surface area (Å²) in [5.74, 6) is -0.528. The molecule has 0 bridgehead atoms. The highest BCUT2D eigenvalue weighted by molar-refractivity contribution is 5.90. The summed E-state index contributed by atoms with van der Waals surface area (Å²) in [6, 6.07) is 6.70. The number of pyridine rings is 2. The number of fused-ring (bicyclic) bond motifs is 1. The first kappa shape index (κ1) is 8.96. The Morgan fingerprint density at radius 3 is 2.69 bits per heavy atom. The van der Waals surface area contributed by atoms with Crippen LogP contribution in [0.1, 0.15) is 0 Å². The van der Waals surface area contributed by atoms with E-state index in [4.69, 9.17) is 0 Å². The smallest absolute Gasteiger partial charge is 0.214 e. The molecule has 3 aromatic rings. The van der Waals surface area contributed by atoms with Crippen LogP contribution in [0.15, 0.2) is 36.7 Å². The molecule has 78 valence electrons. The van der Waals surface area contributed by atoms with E-state index >= 15 is 0 Å². The Morgan fingerprint density at radius 1 is 1.06 bits per heavy atom. The Bertz CT molecular complexity index is 633. The maximum absolute atomic E-state index is 12.9. The number of rotatable bonds is 1. The van der Waals surface area contributed by atoms with Crippen LogP contribution in [0.25, 0.3) is 22.3 Å². The van der Waals surface area contributed by atoms with Crippen molar-refractivity contribution in [2.75, 3.05) is 0 Å². The summed E-state index contributed by atoms with van der Waals surface area (Å²) in [5.41, 5.74) is 2.16. The SMILES string of the molecule is Fc1ccc2c(-c3ccncc3)[nH]nc2n1. The van der Waals surface area contributed by atoms with Crippen LogP contribution >= 0.6 is 0 Å². The highest BCUT2D eigenvalue weighted by atomic mass is 19.1. The molecule has 0 fully saturated rings. The van der Waals surface area contributed by atoms with Crippen LogP contribution in [0.4, 0.5) is 4.39 Å². The van der Waals surface area contributed by atoms with E-state index in [-0.39, 0.29) is 0 Å². The molecule has 0 spiro atoms. The average Bonchev–Trinajstić information content (AvgIpc) is 2.73. The lowest BCUT2D eigenvalue weighted by molar-refractivity contribution is 0.588. The average molecular weight is 214 g/mol. The molecule has 5 heteroatoms. The predicted octanol–water partition coefficient (Wildman–Crippen LogP) is 2.16. The molecule has 0 aliphatic rings. The van der Waals surface area contributed by atoms with E-state index in [9.17, 15) is 4.39 Å². The third kappa shape index (κ3) is 1.33. The van der Waals surface area contributed by atoms with Gasteiger partial charge in [-0.15, -0.1) is 0 Å². The lowest BCUT2D eigenvalue weighted by Gasteiger charge is -1.96. The van der Waals surface area contributed by atoms with Gasteiger partial charge in [-0.3, -0.25) is 10.1 Å². The van der Waals surface area contributed by atoms with Crippen molar-refractivity contribution in [1.82, 2.24) is 20.2 Å². The first-order valence-electron chi connectivity index (χ1n) is 4.75. The van der Waals surface area contributed by atoms with Crippen molar-refractivity contribution in [1.29, 1.82) is 0 Å². The first-order chi connectivity index (χ1) is 7.84. The molecule has 0 radical (unpaired) electrons. The van der Waals surface area contributed by atoms with Crippen LogP contribution in [0, 0.1) is 5.95 Å². The molecule has 3 aromatic heterocycles. The number of nitrogens with one attached hydrogen (secondary N) is 1. The van der Waals surface area contributed by atoms with E-state index in [0.717, 1.165) is 16.6 Å². The van der Waals surface area contributed by atoms with Crippen LogP contribution in [-0.2, 0) is 0 Å². The van der Waals surface area contributed by atoms with Gasteiger partial charge in [-0.2, -0.15) is 14.5 Å². The molecule has 1 N–H and O–H groups in total. The maximum atomic E-state index is 12.9. The summed E-state index contributed by atoms with van der Waals surface area (Å²) in [5, 5.41) is 7.61. The highest BCUT2D eigenvalue weighted by Gasteiger charge is 2.08. The number of aromatic nitrogens is 4. The monoisotopic (exact) mass is 214 g/mol. The Morgan fingerprint density at radius 2 is 1.88 bits per heavy atom. The summed E-state index contributed by atoms with van der Waals surface area (Å²) >= 11 is 0. The van der Waals surface area contributed by atoms with Gasteiger partial charge in [0.25, 0.3) is 0 Å². The number of nitrogens with zero attached hydrogens (tertiary/aromatic N) is 3. The number of H-pyrrole nitrogens is 1. The van der Waals surface area contributed by atoms with Crippen molar-refractivity contribution in [3.63, 3.8) is 0 Å². The molecule has 0 saturated heterocycles. The number of aromatic amines is 1. The van der Waals surface area contributed by atoms with Gasteiger partial charge in [0.15, 0.2) is 5.65 Å². The number of hydrogen-bond acceptors (Lipinski definition) is 3. The third-order valence-electron chi connectivity index (χ3n) is 2.35. The van der Waals surface area contributed by atoms with Crippen molar-refractivity contribution < 1.29 is 4.39 Å². The Hall–Kier alpha value is -2.30. The third-order valence-corrected chi connectivity index (χ3v) is 2.35. The van der Waals surface area contributed by atoms with Gasteiger partial charge in [-0.1, -0.05) is 0 Å². The second kappa shape index (κ2) is 3.37. The summed E-state index contributed by atoms with van der Waals surface area (Å²) in [6.45, 7) is 0. The Kier molecular flexibility index (Phi) is 1.89. The van der Waals surface area contributed by atoms with E-state index < -0.39 is 5.95 Å². The zero-order chi connectivity index (χ0) is 11.0. The second-order valence-electron chi connectivity index (χ2n) is 3.34. The van der Waals surface area contributed by atoms with Gasteiger partial charge in [0.05, 0.1) is 5.69 Å². The van der Waals surface area contributed by atoms with Gasteiger partial charge in [-0.05, 0) is 24.3 Å².